The Morgan fingerprint density at radius 3 is 2.62 bits per heavy atom. The molecule has 0 radical (unpaired) electrons. The number of rotatable bonds is 4. The van der Waals surface area contributed by atoms with Gasteiger partial charge in [-0.15, -0.1) is 0 Å². The Hall–Kier alpha value is -0.0400. The number of carbonyl (C=O) groups excluding carboxylic acids is 1. The summed E-state index contributed by atoms with van der Waals surface area (Å²) >= 11 is 2.11. The summed E-state index contributed by atoms with van der Waals surface area (Å²) in [6.07, 6.45) is 1.75. The van der Waals surface area contributed by atoms with Crippen molar-refractivity contribution in [2.45, 2.75) is 29.9 Å². The van der Waals surface area contributed by atoms with Gasteiger partial charge in [-0.05, 0) is 25.7 Å². The molecule has 4 nitrogen and oxygen atoms in total. The maximum Gasteiger partial charge on any atom is 0.315 e. The van der Waals surface area contributed by atoms with Gasteiger partial charge in [0.1, 0.15) is 0 Å². The molecule has 0 aromatic heterocycles. The Balaban J connectivity index is 2.41. The fourth-order valence-electron chi connectivity index (χ4n) is 1.24. The topological polar surface area (TPSA) is 66.6 Å². The highest BCUT2D eigenvalue weighted by atomic mass is 127. The molecule has 1 rings (SSSR count). The van der Waals surface area contributed by atoms with Crippen LogP contribution in [0.25, 0.3) is 0 Å². The maximum atomic E-state index is 11.0. The SMILES string of the molecule is C[C@@H](I)N(CC(O)C1CC1)C(N)=O. The molecule has 1 aliphatic carbocycles. The van der Waals surface area contributed by atoms with Crippen molar-refractivity contribution < 1.29 is 9.90 Å². The highest BCUT2D eigenvalue weighted by Crippen LogP contribution is 2.33. The predicted octanol–water partition coefficient (Wildman–Crippen LogP) is 0.919. The number of urea groups is 1. The van der Waals surface area contributed by atoms with Crippen molar-refractivity contribution in [2.24, 2.45) is 11.7 Å². The summed E-state index contributed by atoms with van der Waals surface area (Å²) in [4.78, 5) is 12.4. The monoisotopic (exact) mass is 298 g/mol. The number of aliphatic hydroxyl groups excluding tert-OH is 1. The van der Waals surface area contributed by atoms with Crippen molar-refractivity contribution in [2.75, 3.05) is 6.54 Å². The molecule has 0 aliphatic heterocycles. The molecular formula is C8H15IN2O2. The lowest BCUT2D eigenvalue weighted by atomic mass is 10.2. The lowest BCUT2D eigenvalue weighted by molar-refractivity contribution is 0.107. The van der Waals surface area contributed by atoms with Crippen LogP contribution in [-0.4, -0.2) is 32.7 Å². The van der Waals surface area contributed by atoms with Crippen LogP contribution >= 0.6 is 22.6 Å². The van der Waals surface area contributed by atoms with Crippen LogP contribution in [-0.2, 0) is 0 Å². The lowest BCUT2D eigenvalue weighted by Gasteiger charge is -2.25. The molecule has 0 aromatic rings. The minimum atomic E-state index is -0.457. The van der Waals surface area contributed by atoms with Crippen LogP contribution < -0.4 is 5.73 Å². The molecule has 3 N–H and O–H groups in total. The minimum absolute atomic E-state index is 0.0310. The van der Waals surface area contributed by atoms with E-state index in [2.05, 4.69) is 22.6 Å². The van der Waals surface area contributed by atoms with Gasteiger partial charge in [-0.25, -0.2) is 4.79 Å². The van der Waals surface area contributed by atoms with Gasteiger partial charge in [-0.1, -0.05) is 22.6 Å². The Labute approximate surface area is 91.6 Å². The normalized spacial score (nSPS) is 20.8. The molecule has 1 aliphatic rings. The summed E-state index contributed by atoms with van der Waals surface area (Å²) in [5.74, 6) is 0.386. The fourth-order valence-corrected chi connectivity index (χ4v) is 1.74. The molecule has 0 bridgehead atoms. The van der Waals surface area contributed by atoms with Gasteiger partial charge in [0.2, 0.25) is 0 Å². The molecule has 1 fully saturated rings. The largest absolute Gasteiger partial charge is 0.391 e. The first-order valence-corrected chi connectivity index (χ1v) is 5.65. The zero-order valence-electron chi connectivity index (χ0n) is 7.61. The van der Waals surface area contributed by atoms with Crippen molar-refractivity contribution in [1.82, 2.24) is 4.90 Å². The van der Waals surface area contributed by atoms with Gasteiger partial charge >= 0.3 is 6.03 Å². The number of aliphatic hydroxyl groups is 1. The number of hydrogen-bond donors (Lipinski definition) is 2. The number of carbonyl (C=O) groups is 1. The molecule has 2 amide bonds. The van der Waals surface area contributed by atoms with Crippen LogP contribution in [0.4, 0.5) is 4.79 Å². The number of amides is 2. The second-order valence-electron chi connectivity index (χ2n) is 3.47. The highest BCUT2D eigenvalue weighted by molar-refractivity contribution is 14.1. The van der Waals surface area contributed by atoms with E-state index >= 15 is 0 Å². The molecule has 5 heteroatoms. The van der Waals surface area contributed by atoms with Crippen molar-refractivity contribution in [1.29, 1.82) is 0 Å². The van der Waals surface area contributed by atoms with Gasteiger partial charge in [-0.3, -0.25) is 0 Å². The Bertz CT molecular complexity index is 195. The lowest BCUT2D eigenvalue weighted by Crippen LogP contribution is -2.44. The highest BCUT2D eigenvalue weighted by Gasteiger charge is 2.32. The van der Waals surface area contributed by atoms with E-state index in [0.29, 0.717) is 12.5 Å². The molecule has 0 saturated heterocycles. The number of hydrogen-bond acceptors (Lipinski definition) is 2. The third-order valence-corrected chi connectivity index (χ3v) is 2.93. The van der Waals surface area contributed by atoms with E-state index in [4.69, 9.17) is 5.73 Å². The Kier molecular flexibility index (Phi) is 3.78. The first-order valence-electron chi connectivity index (χ1n) is 4.40. The average molecular weight is 298 g/mol. The molecular weight excluding hydrogens is 283 g/mol. The summed E-state index contributed by atoms with van der Waals surface area (Å²) in [7, 11) is 0. The number of nitrogens with two attached hydrogens (primary N) is 1. The van der Waals surface area contributed by atoms with Crippen LogP contribution in [0.1, 0.15) is 19.8 Å². The quantitative estimate of drug-likeness (QED) is 0.460. The van der Waals surface area contributed by atoms with Crippen LogP contribution in [0.5, 0.6) is 0 Å². The van der Waals surface area contributed by atoms with E-state index in [9.17, 15) is 9.90 Å². The van der Waals surface area contributed by atoms with Crippen LogP contribution in [0.15, 0.2) is 0 Å². The summed E-state index contributed by atoms with van der Waals surface area (Å²) in [6.45, 7) is 2.25. The molecule has 0 aromatic carbocycles. The standard InChI is InChI=1S/C8H15IN2O2/c1-5(9)11(8(10)13)4-7(12)6-2-3-6/h5-7,12H,2-4H2,1H3,(H2,10,13)/t5-,7?/m0/s1. The second-order valence-corrected chi connectivity index (χ2v) is 5.27. The molecule has 76 valence electrons. The molecule has 2 atom stereocenters. The first-order chi connectivity index (χ1) is 6.02. The Morgan fingerprint density at radius 2 is 2.31 bits per heavy atom. The van der Waals surface area contributed by atoms with E-state index < -0.39 is 12.1 Å². The smallest absolute Gasteiger partial charge is 0.315 e. The van der Waals surface area contributed by atoms with Crippen molar-refractivity contribution in [3.05, 3.63) is 0 Å². The van der Waals surface area contributed by atoms with E-state index in [0.717, 1.165) is 12.8 Å². The first kappa shape index (κ1) is 11.0. The molecule has 13 heavy (non-hydrogen) atoms. The third-order valence-electron chi connectivity index (χ3n) is 2.26. The van der Waals surface area contributed by atoms with E-state index in [1.165, 1.54) is 4.90 Å². The zero-order chi connectivity index (χ0) is 10.0. The van der Waals surface area contributed by atoms with Gasteiger partial charge in [-0.2, -0.15) is 0 Å². The van der Waals surface area contributed by atoms with Gasteiger partial charge < -0.3 is 15.7 Å². The maximum absolute atomic E-state index is 11.0. The van der Waals surface area contributed by atoms with E-state index in [1.807, 2.05) is 6.92 Å². The van der Waals surface area contributed by atoms with Crippen LogP contribution in [0.2, 0.25) is 0 Å². The van der Waals surface area contributed by atoms with Gasteiger partial charge in [0, 0.05) is 6.54 Å². The zero-order valence-corrected chi connectivity index (χ0v) is 9.77. The summed E-state index contributed by atoms with van der Waals surface area (Å²) < 4.78 is 0.0310. The molecule has 0 spiro atoms. The van der Waals surface area contributed by atoms with Gasteiger partial charge in [0.15, 0.2) is 0 Å². The van der Waals surface area contributed by atoms with Gasteiger partial charge in [0.05, 0.1) is 10.2 Å². The summed E-state index contributed by atoms with van der Waals surface area (Å²) in [5, 5.41) is 9.60. The predicted molar refractivity (Wildman–Crippen MR) is 58.5 cm³/mol. The average Bonchev–Trinajstić information content (AvgIpc) is 2.80. The van der Waals surface area contributed by atoms with Gasteiger partial charge in [0.25, 0.3) is 0 Å². The van der Waals surface area contributed by atoms with Crippen LogP contribution in [0, 0.1) is 5.92 Å². The number of alkyl halides is 1. The van der Waals surface area contributed by atoms with Crippen molar-refractivity contribution >= 4 is 28.6 Å². The van der Waals surface area contributed by atoms with E-state index in [1.54, 1.807) is 0 Å². The number of primary amides is 1. The van der Waals surface area contributed by atoms with Crippen LogP contribution in [0.3, 0.4) is 0 Å². The number of halogens is 1. The third kappa shape index (κ3) is 3.30. The van der Waals surface area contributed by atoms with Crippen molar-refractivity contribution in [3.8, 4) is 0 Å². The minimum Gasteiger partial charge on any atom is -0.391 e. The molecule has 1 unspecified atom stereocenters. The second kappa shape index (κ2) is 4.45. The number of nitrogens with zero attached hydrogens (tertiary/aromatic N) is 1. The Morgan fingerprint density at radius 1 is 1.77 bits per heavy atom. The fraction of sp³-hybridized carbons (Fsp3) is 0.875. The molecule has 1 saturated carbocycles. The summed E-state index contributed by atoms with van der Waals surface area (Å²) in [5.41, 5.74) is 5.18. The molecule has 0 heterocycles. The van der Waals surface area contributed by atoms with E-state index in [-0.39, 0.29) is 4.05 Å². The van der Waals surface area contributed by atoms with Crippen molar-refractivity contribution in [3.63, 3.8) is 0 Å². The summed E-state index contributed by atoms with van der Waals surface area (Å²) in [6, 6.07) is -0.457.